The van der Waals surface area contributed by atoms with E-state index in [4.69, 9.17) is 11.6 Å². The number of thiazole rings is 1. The van der Waals surface area contributed by atoms with E-state index in [1.54, 1.807) is 16.3 Å². The van der Waals surface area contributed by atoms with Crippen LogP contribution in [0.25, 0.3) is 15.9 Å². The van der Waals surface area contributed by atoms with E-state index in [2.05, 4.69) is 29.3 Å². The van der Waals surface area contributed by atoms with Gasteiger partial charge in [-0.05, 0) is 42.8 Å². The predicted molar refractivity (Wildman–Crippen MR) is 132 cm³/mol. The van der Waals surface area contributed by atoms with Crippen molar-refractivity contribution in [2.45, 2.75) is 23.9 Å². The summed E-state index contributed by atoms with van der Waals surface area (Å²) in [5, 5.41) is 10.5. The molecule has 0 aliphatic carbocycles. The summed E-state index contributed by atoms with van der Waals surface area (Å²) in [6, 6.07) is 25.7. The molecule has 1 atom stereocenters. The molecular formula is C24H19ClN4OS2. The lowest BCUT2D eigenvalue weighted by atomic mass is 10.2. The van der Waals surface area contributed by atoms with Crippen molar-refractivity contribution in [1.29, 1.82) is 0 Å². The van der Waals surface area contributed by atoms with E-state index in [0.717, 1.165) is 21.1 Å². The summed E-state index contributed by atoms with van der Waals surface area (Å²) in [6.07, 6.45) is 0. The molecule has 8 heteroatoms. The molecule has 0 saturated heterocycles. The second kappa shape index (κ2) is 8.94. The molecule has 0 radical (unpaired) electrons. The summed E-state index contributed by atoms with van der Waals surface area (Å²) in [5.74, 6) is 0.681. The zero-order chi connectivity index (χ0) is 22.1. The largest absolute Gasteiger partial charge is 0.308 e. The van der Waals surface area contributed by atoms with Crippen molar-refractivity contribution in [3.05, 3.63) is 105 Å². The lowest BCUT2D eigenvalue weighted by Crippen LogP contribution is -2.17. The van der Waals surface area contributed by atoms with Crippen molar-refractivity contribution < 1.29 is 0 Å². The van der Waals surface area contributed by atoms with Crippen molar-refractivity contribution in [2.24, 2.45) is 0 Å². The molecule has 0 saturated carbocycles. The summed E-state index contributed by atoms with van der Waals surface area (Å²) in [5.41, 5.74) is 2.97. The fraction of sp³-hybridized carbons (Fsp3) is 0.125. The molecule has 0 spiro atoms. The maximum absolute atomic E-state index is 12.7. The molecule has 5 rings (SSSR count). The Bertz CT molecular complexity index is 1440. The van der Waals surface area contributed by atoms with Gasteiger partial charge < -0.3 is 0 Å². The molecule has 2 heterocycles. The van der Waals surface area contributed by atoms with Crippen LogP contribution in [0.4, 0.5) is 0 Å². The van der Waals surface area contributed by atoms with Gasteiger partial charge in [-0.1, -0.05) is 83.2 Å². The standard InChI is InChI=1S/C24H19ClN4OS2/c1-16(17-8-3-2-4-9-17)31-23-27-26-22(29(23)19-11-7-10-18(25)14-19)15-28-20-12-5-6-13-21(20)32-24(28)30/h2-14,16H,15H2,1H3/t16-/m0/s1. The van der Waals surface area contributed by atoms with Gasteiger partial charge in [0.15, 0.2) is 11.0 Å². The molecule has 0 unspecified atom stereocenters. The number of hydrogen-bond acceptors (Lipinski definition) is 5. The number of rotatable bonds is 6. The Labute approximate surface area is 198 Å². The highest BCUT2D eigenvalue weighted by molar-refractivity contribution is 7.99. The highest BCUT2D eigenvalue weighted by Gasteiger charge is 2.20. The van der Waals surface area contributed by atoms with E-state index in [0.29, 0.717) is 17.4 Å². The van der Waals surface area contributed by atoms with Crippen LogP contribution >= 0.6 is 34.7 Å². The number of hydrogen-bond donors (Lipinski definition) is 0. The van der Waals surface area contributed by atoms with E-state index in [1.807, 2.05) is 71.3 Å². The van der Waals surface area contributed by atoms with E-state index >= 15 is 0 Å². The van der Waals surface area contributed by atoms with Crippen molar-refractivity contribution >= 4 is 44.9 Å². The highest BCUT2D eigenvalue weighted by Crippen LogP contribution is 2.35. The number of thioether (sulfide) groups is 1. The maximum atomic E-state index is 12.7. The van der Waals surface area contributed by atoms with Gasteiger partial charge >= 0.3 is 4.87 Å². The molecule has 0 aliphatic rings. The van der Waals surface area contributed by atoms with E-state index < -0.39 is 0 Å². The molecule has 0 N–H and O–H groups in total. The van der Waals surface area contributed by atoms with Crippen LogP contribution in [-0.4, -0.2) is 19.3 Å². The van der Waals surface area contributed by atoms with Crippen LogP contribution in [0.2, 0.25) is 5.02 Å². The number of fused-ring (bicyclic) bond motifs is 1. The first-order valence-electron chi connectivity index (χ1n) is 10.1. The van der Waals surface area contributed by atoms with Crippen LogP contribution < -0.4 is 4.87 Å². The van der Waals surface area contributed by atoms with Crippen LogP contribution in [0.15, 0.2) is 88.8 Å². The summed E-state index contributed by atoms with van der Waals surface area (Å²) in [4.78, 5) is 12.7. The van der Waals surface area contributed by atoms with Gasteiger partial charge in [-0.3, -0.25) is 13.9 Å². The van der Waals surface area contributed by atoms with Crippen LogP contribution in [0.3, 0.4) is 0 Å². The third-order valence-corrected chi connectivity index (χ3v) is 7.49. The molecule has 0 amide bonds. The fourth-order valence-corrected chi connectivity index (χ4v) is 5.70. The zero-order valence-corrected chi connectivity index (χ0v) is 19.6. The summed E-state index contributed by atoms with van der Waals surface area (Å²) in [6.45, 7) is 2.47. The summed E-state index contributed by atoms with van der Waals surface area (Å²) >= 11 is 9.17. The Morgan fingerprint density at radius 2 is 1.78 bits per heavy atom. The number of aromatic nitrogens is 4. The molecule has 0 bridgehead atoms. The molecular weight excluding hydrogens is 460 g/mol. The summed E-state index contributed by atoms with van der Waals surface area (Å²) in [7, 11) is 0. The second-order valence-electron chi connectivity index (χ2n) is 7.31. The van der Waals surface area contributed by atoms with Crippen LogP contribution in [0.1, 0.15) is 23.6 Å². The van der Waals surface area contributed by atoms with Gasteiger partial charge in [-0.15, -0.1) is 10.2 Å². The van der Waals surface area contributed by atoms with Gasteiger partial charge in [0.2, 0.25) is 0 Å². The Kier molecular flexibility index (Phi) is 5.87. The molecule has 32 heavy (non-hydrogen) atoms. The predicted octanol–water partition coefficient (Wildman–Crippen LogP) is 6.20. The Balaban J connectivity index is 1.58. The average Bonchev–Trinajstić information content (AvgIpc) is 3.35. The summed E-state index contributed by atoms with van der Waals surface area (Å²) < 4.78 is 4.70. The van der Waals surface area contributed by atoms with E-state index in [9.17, 15) is 4.79 Å². The average molecular weight is 479 g/mol. The molecule has 5 nitrogen and oxygen atoms in total. The quantitative estimate of drug-likeness (QED) is 0.273. The molecule has 2 aromatic heterocycles. The van der Waals surface area contributed by atoms with Crippen LogP contribution in [-0.2, 0) is 6.54 Å². The Hall–Kier alpha value is -2.87. The normalized spacial score (nSPS) is 12.3. The topological polar surface area (TPSA) is 52.7 Å². The zero-order valence-electron chi connectivity index (χ0n) is 17.2. The monoisotopic (exact) mass is 478 g/mol. The van der Waals surface area contributed by atoms with Crippen LogP contribution in [0, 0.1) is 0 Å². The fourth-order valence-electron chi connectivity index (χ4n) is 3.61. The van der Waals surface area contributed by atoms with E-state index in [1.165, 1.54) is 16.9 Å². The number of nitrogens with zero attached hydrogens (tertiary/aromatic N) is 4. The minimum Gasteiger partial charge on any atom is -0.291 e. The minimum atomic E-state index is -0.0151. The van der Waals surface area contributed by atoms with Gasteiger partial charge in [0.25, 0.3) is 0 Å². The third kappa shape index (κ3) is 4.11. The first kappa shape index (κ1) is 21.0. The third-order valence-electron chi connectivity index (χ3n) is 5.19. The Morgan fingerprint density at radius 1 is 1.00 bits per heavy atom. The van der Waals surface area contributed by atoms with Gasteiger partial charge in [-0.2, -0.15) is 0 Å². The molecule has 0 aliphatic heterocycles. The number of halogens is 1. The van der Waals surface area contributed by atoms with Crippen molar-refractivity contribution in [1.82, 2.24) is 19.3 Å². The molecule has 3 aromatic carbocycles. The first-order valence-corrected chi connectivity index (χ1v) is 12.2. The first-order chi connectivity index (χ1) is 15.6. The van der Waals surface area contributed by atoms with Gasteiger partial charge in [0, 0.05) is 10.3 Å². The van der Waals surface area contributed by atoms with Gasteiger partial charge in [-0.25, -0.2) is 0 Å². The van der Waals surface area contributed by atoms with Gasteiger partial charge in [0.05, 0.1) is 22.4 Å². The molecule has 0 fully saturated rings. The minimum absolute atomic E-state index is 0.0151. The second-order valence-corrected chi connectivity index (χ2v) is 10.0. The van der Waals surface area contributed by atoms with Crippen molar-refractivity contribution in [3.63, 3.8) is 0 Å². The van der Waals surface area contributed by atoms with Gasteiger partial charge in [0.1, 0.15) is 0 Å². The smallest absolute Gasteiger partial charge is 0.291 e. The lowest BCUT2D eigenvalue weighted by molar-refractivity contribution is 0.725. The van der Waals surface area contributed by atoms with Crippen molar-refractivity contribution in [3.8, 4) is 5.69 Å². The Morgan fingerprint density at radius 3 is 2.59 bits per heavy atom. The lowest BCUT2D eigenvalue weighted by Gasteiger charge is -2.14. The maximum Gasteiger partial charge on any atom is 0.308 e. The number of para-hydroxylation sites is 1. The molecule has 5 aromatic rings. The van der Waals surface area contributed by atoms with Crippen LogP contribution in [0.5, 0.6) is 0 Å². The SMILES string of the molecule is C[C@H](Sc1nnc(Cn2c(=O)sc3ccccc32)n1-c1cccc(Cl)c1)c1ccccc1. The highest BCUT2D eigenvalue weighted by atomic mass is 35.5. The number of benzene rings is 3. The van der Waals surface area contributed by atoms with E-state index in [-0.39, 0.29) is 10.1 Å². The molecule has 160 valence electrons. The van der Waals surface area contributed by atoms with Crippen molar-refractivity contribution in [2.75, 3.05) is 0 Å².